The van der Waals surface area contributed by atoms with Gasteiger partial charge in [-0.3, -0.25) is 4.79 Å². The molecule has 1 aliphatic heterocycles. The number of nitrogens with zero attached hydrogens (tertiary/aromatic N) is 3. The number of amides is 1. The predicted molar refractivity (Wildman–Crippen MR) is 112 cm³/mol. The van der Waals surface area contributed by atoms with Crippen molar-refractivity contribution in [2.75, 3.05) is 18.0 Å². The van der Waals surface area contributed by atoms with Crippen LogP contribution in [-0.4, -0.2) is 29.0 Å². The number of carbonyl (C=O) groups excluding carboxylic acids is 1. The Morgan fingerprint density at radius 1 is 1.10 bits per heavy atom. The van der Waals surface area contributed by atoms with Crippen molar-refractivity contribution in [3.05, 3.63) is 65.1 Å². The highest BCUT2D eigenvalue weighted by molar-refractivity contribution is 5.82. The first kappa shape index (κ1) is 19.3. The molecule has 0 radical (unpaired) electrons. The van der Waals surface area contributed by atoms with Crippen LogP contribution in [0.3, 0.4) is 0 Å². The maximum absolute atomic E-state index is 13.0. The number of anilines is 1. The molecule has 0 bridgehead atoms. The summed E-state index contributed by atoms with van der Waals surface area (Å²) in [6.07, 6.45) is 1.53. The summed E-state index contributed by atoms with van der Waals surface area (Å²) in [7, 11) is 0. The van der Waals surface area contributed by atoms with Gasteiger partial charge in [-0.05, 0) is 56.0 Å². The number of hydrogen-bond donors (Lipinski definition) is 1. The van der Waals surface area contributed by atoms with Crippen molar-refractivity contribution in [1.82, 2.24) is 15.3 Å². The maximum atomic E-state index is 13.0. The van der Waals surface area contributed by atoms with E-state index in [2.05, 4.69) is 35.3 Å². The van der Waals surface area contributed by atoms with Crippen LogP contribution in [0.25, 0.3) is 10.9 Å². The molecule has 1 amide bonds. The molecule has 5 nitrogen and oxygen atoms in total. The lowest BCUT2D eigenvalue weighted by molar-refractivity contribution is -0.125. The van der Waals surface area contributed by atoms with Crippen LogP contribution in [0.5, 0.6) is 0 Å². The van der Waals surface area contributed by atoms with Gasteiger partial charge in [0.2, 0.25) is 11.9 Å². The third kappa shape index (κ3) is 4.36. The maximum Gasteiger partial charge on any atom is 0.226 e. The van der Waals surface area contributed by atoms with Crippen molar-refractivity contribution in [2.45, 2.75) is 33.2 Å². The summed E-state index contributed by atoms with van der Waals surface area (Å²) in [5, 5.41) is 4.05. The minimum Gasteiger partial charge on any atom is -0.352 e. The van der Waals surface area contributed by atoms with Crippen molar-refractivity contribution >= 4 is 22.8 Å². The number of benzene rings is 2. The highest BCUT2D eigenvalue weighted by Gasteiger charge is 2.26. The summed E-state index contributed by atoms with van der Waals surface area (Å²) in [6, 6.07) is 12.4. The Morgan fingerprint density at radius 3 is 2.55 bits per heavy atom. The quantitative estimate of drug-likeness (QED) is 0.731. The summed E-state index contributed by atoms with van der Waals surface area (Å²) in [6.45, 7) is 6.01. The molecule has 1 N–H and O–H groups in total. The van der Waals surface area contributed by atoms with E-state index in [0.29, 0.717) is 6.54 Å². The minimum absolute atomic E-state index is 0.0181. The summed E-state index contributed by atoms with van der Waals surface area (Å²) < 4.78 is 13.0. The lowest BCUT2D eigenvalue weighted by atomic mass is 9.96. The second-order valence-electron chi connectivity index (χ2n) is 7.74. The molecule has 3 aromatic rings. The predicted octanol–water partition coefficient (Wildman–Crippen LogP) is 3.92. The van der Waals surface area contributed by atoms with E-state index in [1.54, 1.807) is 12.1 Å². The number of aromatic nitrogens is 2. The number of halogens is 1. The first-order valence-corrected chi connectivity index (χ1v) is 10.0. The fraction of sp³-hybridized carbons (Fsp3) is 0.348. The van der Waals surface area contributed by atoms with Crippen molar-refractivity contribution < 1.29 is 9.18 Å². The largest absolute Gasteiger partial charge is 0.352 e. The number of fused-ring (bicyclic) bond motifs is 1. The van der Waals surface area contributed by atoms with Crippen LogP contribution in [0.1, 0.15) is 29.7 Å². The molecule has 6 heteroatoms. The van der Waals surface area contributed by atoms with Gasteiger partial charge < -0.3 is 10.2 Å². The molecule has 0 saturated carbocycles. The van der Waals surface area contributed by atoms with Crippen LogP contribution in [0, 0.1) is 25.6 Å². The normalized spacial score (nSPS) is 14.9. The van der Waals surface area contributed by atoms with Crippen LogP contribution < -0.4 is 10.2 Å². The molecule has 0 atom stereocenters. The molecule has 1 saturated heterocycles. The third-order valence-electron chi connectivity index (χ3n) is 5.56. The molecule has 1 aliphatic rings. The molecule has 2 heterocycles. The Labute approximate surface area is 170 Å². The van der Waals surface area contributed by atoms with Gasteiger partial charge >= 0.3 is 0 Å². The first-order valence-electron chi connectivity index (χ1n) is 10.0. The van der Waals surface area contributed by atoms with E-state index < -0.39 is 0 Å². The van der Waals surface area contributed by atoms with E-state index in [9.17, 15) is 9.18 Å². The van der Waals surface area contributed by atoms with E-state index in [1.165, 1.54) is 17.7 Å². The highest BCUT2D eigenvalue weighted by atomic mass is 19.1. The lowest BCUT2D eigenvalue weighted by Crippen LogP contribution is -2.41. The molecule has 1 aromatic heterocycles. The summed E-state index contributed by atoms with van der Waals surface area (Å²) >= 11 is 0. The van der Waals surface area contributed by atoms with Crippen LogP contribution >= 0.6 is 0 Å². The van der Waals surface area contributed by atoms with Crippen LogP contribution in [0.4, 0.5) is 10.3 Å². The second kappa shape index (κ2) is 8.15. The highest BCUT2D eigenvalue weighted by Crippen LogP contribution is 2.24. The Balaban J connectivity index is 1.37. The van der Waals surface area contributed by atoms with E-state index in [4.69, 9.17) is 9.97 Å². The molecular formula is C23H25FN4O. The molecule has 2 aromatic carbocycles. The van der Waals surface area contributed by atoms with E-state index in [0.717, 1.165) is 54.0 Å². The fourth-order valence-corrected chi connectivity index (χ4v) is 3.80. The molecule has 150 valence electrons. The van der Waals surface area contributed by atoms with E-state index in [-0.39, 0.29) is 17.6 Å². The summed E-state index contributed by atoms with van der Waals surface area (Å²) in [4.78, 5) is 24.1. The van der Waals surface area contributed by atoms with Gasteiger partial charge in [-0.25, -0.2) is 14.4 Å². The molecule has 0 aliphatic carbocycles. The van der Waals surface area contributed by atoms with Crippen molar-refractivity contribution in [3.8, 4) is 0 Å². The van der Waals surface area contributed by atoms with Crippen molar-refractivity contribution in [3.63, 3.8) is 0 Å². The SMILES string of the molecule is Cc1ccc2c(C)nc(N3CCC(C(=O)NCc4ccc(F)cc4)CC3)nc2c1. The van der Waals surface area contributed by atoms with Gasteiger partial charge in [0, 0.05) is 30.9 Å². The van der Waals surface area contributed by atoms with Gasteiger partial charge in [0.05, 0.1) is 11.2 Å². The standard InChI is InChI=1S/C23H25FN4O/c1-15-3-8-20-16(2)26-23(27-21(20)13-15)28-11-9-18(10-12-28)22(29)25-14-17-4-6-19(24)7-5-17/h3-8,13,18H,9-12,14H2,1-2H3,(H,25,29). The minimum atomic E-state index is -0.270. The zero-order valence-electron chi connectivity index (χ0n) is 16.8. The molecule has 29 heavy (non-hydrogen) atoms. The number of rotatable bonds is 4. The van der Waals surface area contributed by atoms with Crippen LogP contribution in [0.2, 0.25) is 0 Å². The first-order chi connectivity index (χ1) is 14.0. The van der Waals surface area contributed by atoms with Crippen LogP contribution in [0.15, 0.2) is 42.5 Å². The average Bonchev–Trinajstić information content (AvgIpc) is 2.73. The van der Waals surface area contributed by atoms with Gasteiger partial charge in [-0.2, -0.15) is 0 Å². The average molecular weight is 392 g/mol. The Kier molecular flexibility index (Phi) is 5.43. The summed E-state index contributed by atoms with van der Waals surface area (Å²) in [5.74, 6) is 0.509. The second-order valence-corrected chi connectivity index (χ2v) is 7.74. The smallest absolute Gasteiger partial charge is 0.226 e. The molecule has 0 unspecified atom stereocenters. The molecule has 4 rings (SSSR count). The number of nitrogens with one attached hydrogen (secondary N) is 1. The molecule has 0 spiro atoms. The van der Waals surface area contributed by atoms with E-state index in [1.807, 2.05) is 6.92 Å². The Bertz CT molecular complexity index is 1030. The van der Waals surface area contributed by atoms with Gasteiger partial charge in [0.25, 0.3) is 0 Å². The monoisotopic (exact) mass is 392 g/mol. The lowest BCUT2D eigenvalue weighted by Gasteiger charge is -2.31. The fourth-order valence-electron chi connectivity index (χ4n) is 3.80. The molecular weight excluding hydrogens is 367 g/mol. The summed E-state index contributed by atoms with van der Waals surface area (Å²) in [5.41, 5.74) is 4.02. The Hall–Kier alpha value is -3.02. The third-order valence-corrected chi connectivity index (χ3v) is 5.56. The Morgan fingerprint density at radius 2 is 1.83 bits per heavy atom. The number of aryl methyl sites for hydroxylation is 2. The number of piperidine rings is 1. The van der Waals surface area contributed by atoms with Gasteiger partial charge in [-0.15, -0.1) is 0 Å². The zero-order valence-corrected chi connectivity index (χ0v) is 16.8. The van der Waals surface area contributed by atoms with Gasteiger partial charge in [-0.1, -0.05) is 24.3 Å². The zero-order chi connectivity index (χ0) is 20.4. The van der Waals surface area contributed by atoms with Crippen molar-refractivity contribution in [1.29, 1.82) is 0 Å². The van der Waals surface area contributed by atoms with Gasteiger partial charge in [0.1, 0.15) is 5.82 Å². The number of hydrogen-bond acceptors (Lipinski definition) is 4. The molecule has 1 fully saturated rings. The van der Waals surface area contributed by atoms with Crippen LogP contribution in [-0.2, 0) is 11.3 Å². The topological polar surface area (TPSA) is 58.1 Å². The number of carbonyl (C=O) groups is 1. The van der Waals surface area contributed by atoms with Gasteiger partial charge in [0.15, 0.2) is 0 Å². The van der Waals surface area contributed by atoms with E-state index >= 15 is 0 Å². The van der Waals surface area contributed by atoms with Crippen molar-refractivity contribution in [2.24, 2.45) is 5.92 Å².